The summed E-state index contributed by atoms with van der Waals surface area (Å²) in [5.41, 5.74) is 0.992. The van der Waals surface area contributed by atoms with Crippen LogP contribution in [-0.4, -0.2) is 28.4 Å². The maximum atomic E-state index is 12.5. The molecule has 1 aromatic rings. The number of halogens is 1. The molecule has 0 bridgehead atoms. The number of hydrogen-bond donors (Lipinski definition) is 1. The van der Waals surface area contributed by atoms with Crippen LogP contribution in [0, 0.1) is 5.92 Å². The van der Waals surface area contributed by atoms with Gasteiger partial charge in [0.25, 0.3) is 0 Å². The number of amides is 1. The molecule has 4 nitrogen and oxygen atoms in total. The van der Waals surface area contributed by atoms with Crippen LogP contribution in [0.25, 0.3) is 0 Å². The molecular weight excluding hydrogens is 334 g/mol. The minimum atomic E-state index is -0.884. The Morgan fingerprint density at radius 1 is 1.38 bits per heavy atom. The van der Waals surface area contributed by atoms with Crippen molar-refractivity contribution in [3.8, 4) is 0 Å². The Morgan fingerprint density at radius 2 is 2.10 bits per heavy atom. The summed E-state index contributed by atoms with van der Waals surface area (Å²) in [6.45, 7) is 4.63. The van der Waals surface area contributed by atoms with Crippen molar-refractivity contribution in [1.82, 2.24) is 4.90 Å². The zero-order chi connectivity index (χ0) is 15.8. The molecule has 1 N–H and O–H groups in total. The van der Waals surface area contributed by atoms with Gasteiger partial charge in [0.2, 0.25) is 5.91 Å². The van der Waals surface area contributed by atoms with Crippen LogP contribution in [0.1, 0.15) is 38.7 Å². The van der Waals surface area contributed by atoms with Gasteiger partial charge in [-0.05, 0) is 24.1 Å². The zero-order valence-electron chi connectivity index (χ0n) is 12.5. The highest BCUT2D eigenvalue weighted by Gasteiger charge is 2.20. The van der Waals surface area contributed by atoms with Gasteiger partial charge in [-0.3, -0.25) is 9.59 Å². The Hall–Kier alpha value is -1.36. The van der Waals surface area contributed by atoms with Gasteiger partial charge < -0.3 is 10.0 Å². The van der Waals surface area contributed by atoms with E-state index in [0.29, 0.717) is 6.54 Å². The second-order valence-corrected chi connectivity index (χ2v) is 6.14. The molecule has 0 heterocycles. The van der Waals surface area contributed by atoms with Crippen LogP contribution in [0.5, 0.6) is 0 Å². The summed E-state index contributed by atoms with van der Waals surface area (Å²) in [6, 6.07) is 7.73. The average molecular weight is 356 g/mol. The van der Waals surface area contributed by atoms with E-state index in [4.69, 9.17) is 5.11 Å². The highest BCUT2D eigenvalue weighted by Crippen LogP contribution is 2.16. The van der Waals surface area contributed by atoms with Crippen molar-refractivity contribution in [3.05, 3.63) is 34.3 Å². The fraction of sp³-hybridized carbons (Fsp3) is 0.500. The highest BCUT2D eigenvalue weighted by molar-refractivity contribution is 9.10. The molecule has 1 rings (SSSR count). The number of nitrogens with zero attached hydrogens (tertiary/aromatic N) is 1. The van der Waals surface area contributed by atoms with E-state index in [1.807, 2.05) is 38.1 Å². The van der Waals surface area contributed by atoms with Crippen LogP contribution in [0.4, 0.5) is 0 Å². The molecule has 1 aromatic carbocycles. The molecule has 1 amide bonds. The number of benzene rings is 1. The fourth-order valence-corrected chi connectivity index (χ4v) is 2.67. The lowest BCUT2D eigenvalue weighted by Crippen LogP contribution is -2.36. The quantitative estimate of drug-likeness (QED) is 0.773. The SMILES string of the molecule is CCCC(C)C(=O)N(CCC(=O)O)Cc1cccc(Br)c1. The number of aliphatic carboxylic acids is 1. The number of carboxylic acids is 1. The van der Waals surface area contributed by atoms with Crippen molar-refractivity contribution < 1.29 is 14.7 Å². The van der Waals surface area contributed by atoms with Crippen molar-refractivity contribution in [1.29, 1.82) is 0 Å². The minimum absolute atomic E-state index is 0.0260. The van der Waals surface area contributed by atoms with Gasteiger partial charge in [-0.15, -0.1) is 0 Å². The Kier molecular flexibility index (Phi) is 7.43. The Bertz CT molecular complexity index is 490. The van der Waals surface area contributed by atoms with Crippen LogP contribution in [-0.2, 0) is 16.1 Å². The van der Waals surface area contributed by atoms with E-state index in [1.165, 1.54) is 0 Å². The molecule has 0 aliphatic heterocycles. The van der Waals surface area contributed by atoms with Crippen molar-refractivity contribution in [2.24, 2.45) is 5.92 Å². The summed E-state index contributed by atoms with van der Waals surface area (Å²) in [4.78, 5) is 24.9. The molecule has 0 fully saturated rings. The lowest BCUT2D eigenvalue weighted by molar-refractivity contribution is -0.140. The van der Waals surface area contributed by atoms with Crippen LogP contribution < -0.4 is 0 Å². The van der Waals surface area contributed by atoms with Gasteiger partial charge in [0.05, 0.1) is 6.42 Å². The number of rotatable bonds is 8. The summed E-state index contributed by atoms with van der Waals surface area (Å²) in [7, 11) is 0. The molecule has 0 aromatic heterocycles. The van der Waals surface area contributed by atoms with Gasteiger partial charge in [0, 0.05) is 23.5 Å². The van der Waals surface area contributed by atoms with E-state index in [2.05, 4.69) is 15.9 Å². The molecule has 1 unspecified atom stereocenters. The van der Waals surface area contributed by atoms with Gasteiger partial charge in [-0.1, -0.05) is 48.3 Å². The Morgan fingerprint density at radius 3 is 2.67 bits per heavy atom. The lowest BCUT2D eigenvalue weighted by atomic mass is 10.0. The molecule has 0 aliphatic carbocycles. The maximum Gasteiger partial charge on any atom is 0.305 e. The van der Waals surface area contributed by atoms with Crippen molar-refractivity contribution in [2.75, 3.05) is 6.54 Å². The van der Waals surface area contributed by atoms with Gasteiger partial charge in [0.15, 0.2) is 0 Å². The third-order valence-electron chi connectivity index (χ3n) is 3.31. The minimum Gasteiger partial charge on any atom is -0.481 e. The first-order valence-electron chi connectivity index (χ1n) is 7.19. The van der Waals surface area contributed by atoms with Crippen LogP contribution in [0.3, 0.4) is 0 Å². The molecule has 0 spiro atoms. The van der Waals surface area contributed by atoms with E-state index in [9.17, 15) is 9.59 Å². The molecule has 116 valence electrons. The van der Waals surface area contributed by atoms with Gasteiger partial charge in [-0.2, -0.15) is 0 Å². The van der Waals surface area contributed by atoms with Crippen LogP contribution in [0.15, 0.2) is 28.7 Å². The van der Waals surface area contributed by atoms with E-state index < -0.39 is 5.97 Å². The van der Waals surface area contributed by atoms with E-state index in [0.717, 1.165) is 22.9 Å². The molecule has 0 saturated carbocycles. The number of carboxylic acid groups (broad SMARTS) is 1. The molecular formula is C16H22BrNO3. The largest absolute Gasteiger partial charge is 0.481 e. The summed E-state index contributed by atoms with van der Waals surface area (Å²) in [6.07, 6.45) is 1.73. The average Bonchev–Trinajstić information content (AvgIpc) is 2.42. The monoisotopic (exact) mass is 355 g/mol. The molecule has 21 heavy (non-hydrogen) atoms. The summed E-state index contributed by atoms with van der Waals surface area (Å²) in [5.74, 6) is -0.931. The predicted octanol–water partition coefficient (Wildman–Crippen LogP) is 3.69. The van der Waals surface area contributed by atoms with Gasteiger partial charge >= 0.3 is 5.97 Å². The standard InChI is InChI=1S/C16H22BrNO3/c1-3-5-12(2)16(21)18(9-8-15(19)20)11-13-6-4-7-14(17)10-13/h4,6-7,10,12H,3,5,8-9,11H2,1-2H3,(H,19,20). The van der Waals surface area contributed by atoms with Crippen LogP contribution in [0.2, 0.25) is 0 Å². The normalized spacial score (nSPS) is 12.0. The van der Waals surface area contributed by atoms with E-state index >= 15 is 0 Å². The number of hydrogen-bond acceptors (Lipinski definition) is 2. The third-order valence-corrected chi connectivity index (χ3v) is 3.81. The van der Waals surface area contributed by atoms with Crippen molar-refractivity contribution >= 4 is 27.8 Å². The third kappa shape index (κ3) is 6.29. The lowest BCUT2D eigenvalue weighted by Gasteiger charge is -2.25. The van der Waals surface area contributed by atoms with E-state index in [1.54, 1.807) is 4.90 Å². The molecule has 0 radical (unpaired) electrons. The van der Waals surface area contributed by atoms with Gasteiger partial charge in [-0.25, -0.2) is 0 Å². The summed E-state index contributed by atoms with van der Waals surface area (Å²) in [5, 5.41) is 8.85. The zero-order valence-corrected chi connectivity index (χ0v) is 14.1. The Balaban J connectivity index is 2.80. The number of carbonyl (C=O) groups excluding carboxylic acids is 1. The molecule has 0 aliphatic rings. The van der Waals surface area contributed by atoms with Gasteiger partial charge in [0.1, 0.15) is 0 Å². The summed E-state index contributed by atoms with van der Waals surface area (Å²) >= 11 is 3.41. The number of carbonyl (C=O) groups is 2. The first-order valence-corrected chi connectivity index (χ1v) is 7.98. The van der Waals surface area contributed by atoms with Crippen molar-refractivity contribution in [2.45, 2.75) is 39.7 Å². The highest BCUT2D eigenvalue weighted by atomic mass is 79.9. The second kappa shape index (κ2) is 8.82. The summed E-state index contributed by atoms with van der Waals surface area (Å²) < 4.78 is 0.951. The smallest absolute Gasteiger partial charge is 0.305 e. The first kappa shape index (κ1) is 17.7. The molecule has 0 saturated heterocycles. The molecule has 5 heteroatoms. The Labute approximate surface area is 134 Å². The molecule has 1 atom stereocenters. The van der Waals surface area contributed by atoms with Crippen LogP contribution >= 0.6 is 15.9 Å². The fourth-order valence-electron chi connectivity index (χ4n) is 2.22. The predicted molar refractivity (Wildman–Crippen MR) is 85.9 cm³/mol. The maximum absolute atomic E-state index is 12.5. The van der Waals surface area contributed by atoms with E-state index in [-0.39, 0.29) is 24.8 Å². The second-order valence-electron chi connectivity index (χ2n) is 5.22. The van der Waals surface area contributed by atoms with Crippen molar-refractivity contribution in [3.63, 3.8) is 0 Å². The first-order chi connectivity index (χ1) is 9.93. The topological polar surface area (TPSA) is 57.6 Å².